The topological polar surface area (TPSA) is 30.3 Å². The second kappa shape index (κ2) is 7.34. The summed E-state index contributed by atoms with van der Waals surface area (Å²) < 4.78 is 2.40. The molecule has 0 unspecified atom stereocenters. The van der Waals surface area contributed by atoms with Crippen LogP contribution in [-0.4, -0.2) is 16.1 Å². The summed E-state index contributed by atoms with van der Waals surface area (Å²) in [7, 11) is 0. The van der Waals surface area contributed by atoms with Crippen LogP contribution in [0.2, 0.25) is 0 Å². The number of fused-ring (bicyclic) bond motifs is 5. The van der Waals surface area contributed by atoms with Gasteiger partial charge in [-0.2, -0.15) is 5.06 Å². The molecule has 170 valence electrons. The lowest BCUT2D eigenvalue weighted by atomic mass is 9.75. The second-order valence-corrected chi connectivity index (χ2v) is 9.71. The van der Waals surface area contributed by atoms with E-state index in [0.717, 1.165) is 22.8 Å². The van der Waals surface area contributed by atoms with Crippen LogP contribution >= 0.6 is 0 Å². The summed E-state index contributed by atoms with van der Waals surface area (Å²) in [6.07, 6.45) is 6.23. The van der Waals surface area contributed by atoms with Crippen LogP contribution in [0.25, 0.3) is 33.9 Å². The molecule has 4 heterocycles. The van der Waals surface area contributed by atoms with Gasteiger partial charge in [0.05, 0.1) is 23.4 Å². The van der Waals surface area contributed by atoms with Gasteiger partial charge in [0, 0.05) is 28.1 Å². The van der Waals surface area contributed by atoms with E-state index in [-0.39, 0.29) is 5.41 Å². The maximum absolute atomic E-state index is 6.58. The van der Waals surface area contributed by atoms with Crippen molar-refractivity contribution < 1.29 is 4.84 Å². The van der Waals surface area contributed by atoms with E-state index in [0.29, 0.717) is 6.54 Å². The van der Waals surface area contributed by atoms with Crippen molar-refractivity contribution in [1.29, 1.82) is 0 Å². The number of hydrogen-bond donors (Lipinski definition) is 0. The molecule has 0 spiro atoms. The zero-order valence-electron chi connectivity index (χ0n) is 19.8. The number of benzene rings is 3. The van der Waals surface area contributed by atoms with E-state index in [2.05, 4.69) is 90.1 Å². The lowest BCUT2D eigenvalue weighted by Crippen LogP contribution is -2.33. The van der Waals surface area contributed by atoms with Gasteiger partial charge in [0.1, 0.15) is 0 Å². The molecule has 2 aliphatic rings. The highest BCUT2D eigenvalue weighted by Crippen LogP contribution is 2.49. The highest BCUT2D eigenvalue weighted by atomic mass is 16.7. The van der Waals surface area contributed by atoms with E-state index >= 15 is 0 Å². The van der Waals surface area contributed by atoms with Gasteiger partial charge in [-0.05, 0) is 41.5 Å². The Labute approximate surface area is 204 Å². The fourth-order valence-corrected chi connectivity index (χ4v) is 5.65. The molecule has 0 bridgehead atoms. The van der Waals surface area contributed by atoms with Crippen molar-refractivity contribution in [3.8, 4) is 22.7 Å². The third kappa shape index (κ3) is 2.89. The van der Waals surface area contributed by atoms with Gasteiger partial charge >= 0.3 is 0 Å². The normalized spacial score (nSPS) is 15.1. The number of nitrogens with zero attached hydrogens (tertiary/aromatic N) is 3. The first-order valence-electron chi connectivity index (χ1n) is 12.0. The summed E-state index contributed by atoms with van der Waals surface area (Å²) in [5.74, 6) is 1.86. The van der Waals surface area contributed by atoms with Crippen molar-refractivity contribution >= 4 is 22.8 Å². The van der Waals surface area contributed by atoms with Crippen LogP contribution in [0.3, 0.4) is 0 Å². The number of para-hydroxylation sites is 2. The Morgan fingerprint density at radius 3 is 2.57 bits per heavy atom. The van der Waals surface area contributed by atoms with Gasteiger partial charge in [-0.3, -0.25) is 9.55 Å². The molecular weight excluding hydrogens is 430 g/mol. The maximum Gasteiger partial charge on any atom is 0.157 e. The fourth-order valence-electron chi connectivity index (χ4n) is 5.65. The minimum absolute atomic E-state index is 0.0839. The van der Waals surface area contributed by atoms with Gasteiger partial charge in [0.25, 0.3) is 0 Å². The number of aromatic nitrogens is 2. The first kappa shape index (κ1) is 20.1. The maximum atomic E-state index is 6.58. The zero-order valence-corrected chi connectivity index (χ0v) is 19.8. The standard InChI is InChI=1S/C31H25N3O/c1-31(2)25-14-3-4-17-28(25)34-29-23(12-8-15-26(29)31)24-13-9-19-33(30(24)34)35-22-11-7-10-21(20-22)27-16-5-6-18-32-27/h3-18,20H,19H2,1-2H3. The lowest BCUT2D eigenvalue weighted by molar-refractivity contribution is 0.285. The number of rotatable bonds is 3. The minimum Gasteiger partial charge on any atom is -0.378 e. The number of hydrogen-bond acceptors (Lipinski definition) is 3. The van der Waals surface area contributed by atoms with Crippen LogP contribution in [0.5, 0.6) is 5.75 Å². The van der Waals surface area contributed by atoms with Crippen LogP contribution in [0.4, 0.5) is 5.82 Å². The summed E-state index contributed by atoms with van der Waals surface area (Å²) in [4.78, 5) is 11.1. The molecule has 0 atom stereocenters. The summed E-state index contributed by atoms with van der Waals surface area (Å²) >= 11 is 0. The van der Waals surface area contributed by atoms with Gasteiger partial charge < -0.3 is 4.84 Å². The van der Waals surface area contributed by atoms with Crippen LogP contribution in [0.1, 0.15) is 30.5 Å². The quantitative estimate of drug-likeness (QED) is 0.289. The third-order valence-electron chi connectivity index (χ3n) is 7.30. The highest BCUT2D eigenvalue weighted by molar-refractivity contribution is 6.02. The van der Waals surface area contributed by atoms with E-state index in [1.54, 1.807) is 0 Å². The summed E-state index contributed by atoms with van der Waals surface area (Å²) in [5, 5.41) is 3.28. The predicted molar refractivity (Wildman–Crippen MR) is 142 cm³/mol. The molecule has 2 aliphatic heterocycles. The van der Waals surface area contributed by atoms with Crippen LogP contribution in [0, 0.1) is 0 Å². The summed E-state index contributed by atoms with van der Waals surface area (Å²) in [5.41, 5.74) is 8.23. The predicted octanol–water partition coefficient (Wildman–Crippen LogP) is 7.16. The van der Waals surface area contributed by atoms with Crippen molar-refractivity contribution in [2.45, 2.75) is 19.3 Å². The fraction of sp³-hybridized carbons (Fsp3) is 0.129. The van der Waals surface area contributed by atoms with Gasteiger partial charge in [-0.1, -0.05) is 80.6 Å². The Morgan fingerprint density at radius 1 is 0.857 bits per heavy atom. The van der Waals surface area contributed by atoms with Crippen molar-refractivity contribution in [2.75, 3.05) is 11.6 Å². The highest BCUT2D eigenvalue weighted by Gasteiger charge is 2.37. The van der Waals surface area contributed by atoms with E-state index in [4.69, 9.17) is 4.84 Å². The Balaban J connectivity index is 1.41. The van der Waals surface area contributed by atoms with Crippen molar-refractivity contribution in [3.63, 3.8) is 0 Å². The second-order valence-electron chi connectivity index (χ2n) is 9.71. The van der Waals surface area contributed by atoms with Crippen molar-refractivity contribution in [1.82, 2.24) is 9.55 Å². The van der Waals surface area contributed by atoms with E-state index in [9.17, 15) is 0 Å². The largest absolute Gasteiger partial charge is 0.378 e. The monoisotopic (exact) mass is 455 g/mol. The van der Waals surface area contributed by atoms with E-state index in [1.807, 2.05) is 41.6 Å². The van der Waals surface area contributed by atoms with E-state index < -0.39 is 0 Å². The van der Waals surface area contributed by atoms with Gasteiger partial charge in [-0.25, -0.2) is 0 Å². The Hall–Kier alpha value is -4.31. The molecule has 35 heavy (non-hydrogen) atoms. The Bertz CT molecular complexity index is 1630. The van der Waals surface area contributed by atoms with Gasteiger partial charge in [0.2, 0.25) is 0 Å². The molecule has 0 amide bonds. The lowest BCUT2D eigenvalue weighted by Gasteiger charge is -2.36. The van der Waals surface area contributed by atoms with Gasteiger partial charge in [-0.15, -0.1) is 0 Å². The average molecular weight is 456 g/mol. The molecule has 4 heteroatoms. The van der Waals surface area contributed by atoms with E-state index in [1.165, 1.54) is 33.3 Å². The van der Waals surface area contributed by atoms with Gasteiger partial charge in [0.15, 0.2) is 11.6 Å². The Morgan fingerprint density at radius 2 is 1.69 bits per heavy atom. The SMILES string of the molecule is CC1(C)c2ccccc2-n2c3c(c4cccc1c42)C=CCN3Oc1cccc(-c2ccccn2)c1. The molecule has 0 saturated heterocycles. The molecule has 0 saturated carbocycles. The smallest absolute Gasteiger partial charge is 0.157 e. The first-order valence-corrected chi connectivity index (χ1v) is 12.0. The van der Waals surface area contributed by atoms with Crippen LogP contribution in [-0.2, 0) is 5.41 Å². The number of pyridine rings is 1. The summed E-state index contributed by atoms with van der Waals surface area (Å²) in [6.45, 7) is 5.31. The Kier molecular flexibility index (Phi) is 4.22. The van der Waals surface area contributed by atoms with Crippen molar-refractivity contribution in [3.05, 3.63) is 114 Å². The summed E-state index contributed by atoms with van der Waals surface area (Å²) in [6, 6.07) is 29.5. The first-order chi connectivity index (χ1) is 17.1. The van der Waals surface area contributed by atoms with Crippen LogP contribution in [0.15, 0.2) is 97.2 Å². The average Bonchev–Trinajstić information content (AvgIpc) is 3.24. The molecule has 2 aromatic heterocycles. The molecule has 4 nitrogen and oxygen atoms in total. The number of anilines is 1. The molecule has 0 aliphatic carbocycles. The molecule has 5 aromatic rings. The molecule has 7 rings (SSSR count). The third-order valence-corrected chi connectivity index (χ3v) is 7.30. The van der Waals surface area contributed by atoms with Crippen LogP contribution < -0.4 is 9.90 Å². The van der Waals surface area contributed by atoms with Crippen molar-refractivity contribution in [2.24, 2.45) is 0 Å². The molecule has 3 aromatic carbocycles. The minimum atomic E-state index is -0.0839. The zero-order chi connectivity index (χ0) is 23.6. The molecule has 0 fully saturated rings. The number of hydroxylamine groups is 1. The molecule has 0 radical (unpaired) electrons. The molecule has 0 N–H and O–H groups in total. The molecular formula is C31H25N3O.